The Morgan fingerprint density at radius 2 is 1.33 bits per heavy atom. The molecule has 0 saturated heterocycles. The van der Waals surface area contributed by atoms with Crippen molar-refractivity contribution in [3.8, 4) is 0 Å². The van der Waals surface area contributed by atoms with E-state index in [4.69, 9.17) is 23.2 Å². The summed E-state index contributed by atoms with van der Waals surface area (Å²) in [5.74, 6) is -1.19. The summed E-state index contributed by atoms with van der Waals surface area (Å²) < 4.78 is 9.30. The van der Waals surface area contributed by atoms with Gasteiger partial charge < -0.3 is 0 Å². The normalized spacial score (nSPS) is 12.3. The van der Waals surface area contributed by atoms with Gasteiger partial charge >= 0.3 is 103 Å². The van der Waals surface area contributed by atoms with Crippen molar-refractivity contribution in [3.05, 3.63) is 20.0 Å². The summed E-state index contributed by atoms with van der Waals surface area (Å²) >= 11 is 10.2. The van der Waals surface area contributed by atoms with Gasteiger partial charge in [-0.15, -0.1) is 0 Å². The summed E-state index contributed by atoms with van der Waals surface area (Å²) in [5, 5.41) is 0. The minimum atomic E-state index is -0.635. The average molecular weight is 318 g/mol. The number of hydrogen-bond acceptors (Lipinski definition) is 4. The van der Waals surface area contributed by atoms with Crippen LogP contribution in [0.15, 0.2) is 20.0 Å². The molecule has 0 aromatic rings. The molecule has 0 bridgehead atoms. The van der Waals surface area contributed by atoms with Crippen LogP contribution in [0.4, 0.5) is 0 Å². The van der Waals surface area contributed by atoms with E-state index in [1.807, 2.05) is 0 Å². The predicted octanol–water partition coefficient (Wildman–Crippen LogP) is 1.20. The summed E-state index contributed by atoms with van der Waals surface area (Å²) in [5.41, 5.74) is 2.13. The van der Waals surface area contributed by atoms with Crippen molar-refractivity contribution in [2.75, 3.05) is 14.2 Å². The van der Waals surface area contributed by atoms with Crippen molar-refractivity contribution >= 4 is 50.1 Å². The molecular formula is C8H8Cl2O4Se. The monoisotopic (exact) mass is 318 g/mol. The zero-order valence-corrected chi connectivity index (χ0v) is 11.2. The van der Waals surface area contributed by atoms with Gasteiger partial charge in [-0.1, -0.05) is 0 Å². The Bertz CT molecular complexity index is 282. The Balaban J connectivity index is 4.69. The molecule has 7 heteroatoms. The van der Waals surface area contributed by atoms with Crippen molar-refractivity contribution in [2.24, 2.45) is 0 Å². The Morgan fingerprint density at radius 1 is 1.00 bits per heavy atom. The first-order valence-corrected chi connectivity index (χ1v) is 6.14. The van der Waals surface area contributed by atoms with Crippen LogP contribution >= 0.6 is 23.2 Å². The number of rotatable bonds is 4. The van der Waals surface area contributed by atoms with Crippen molar-refractivity contribution in [3.63, 3.8) is 0 Å². The Morgan fingerprint density at radius 3 is 1.53 bits per heavy atom. The van der Waals surface area contributed by atoms with Gasteiger partial charge in [-0.3, -0.25) is 0 Å². The first kappa shape index (κ1) is 14.5. The number of hydrogen-bond donors (Lipinski definition) is 0. The van der Waals surface area contributed by atoms with Gasteiger partial charge in [0.05, 0.1) is 0 Å². The molecule has 0 saturated carbocycles. The number of carbonyl (C=O) groups excluding carboxylic acids is 2. The SMILES string of the molecule is COC(=O)/C(=C\Cl)[Se]/C(=C/Cl)C(=O)OC. The molecule has 0 aromatic carbocycles. The van der Waals surface area contributed by atoms with Gasteiger partial charge in [0.2, 0.25) is 0 Å². The summed E-state index contributed by atoms with van der Waals surface area (Å²) in [6.07, 6.45) is 0. The van der Waals surface area contributed by atoms with Gasteiger partial charge in [-0.25, -0.2) is 0 Å². The third kappa shape index (κ3) is 4.71. The second-order valence-electron chi connectivity index (χ2n) is 2.03. The first-order chi connectivity index (χ1) is 7.10. The first-order valence-electron chi connectivity index (χ1n) is 3.56. The quantitative estimate of drug-likeness (QED) is 0.444. The molecule has 0 heterocycles. The molecule has 0 aliphatic carbocycles. The Kier molecular flexibility index (Phi) is 7.52. The van der Waals surface area contributed by atoms with E-state index in [0.29, 0.717) is 0 Å². The van der Waals surface area contributed by atoms with Crippen molar-refractivity contribution in [1.82, 2.24) is 0 Å². The third-order valence-corrected chi connectivity index (χ3v) is 4.33. The van der Waals surface area contributed by atoms with Crippen LogP contribution in [0.25, 0.3) is 0 Å². The zero-order chi connectivity index (χ0) is 11.8. The number of methoxy groups -OCH3 is 2. The molecule has 15 heavy (non-hydrogen) atoms. The second-order valence-corrected chi connectivity index (χ2v) is 4.74. The second kappa shape index (κ2) is 7.76. The van der Waals surface area contributed by atoms with E-state index in [1.165, 1.54) is 14.2 Å². The summed E-state index contributed by atoms with van der Waals surface area (Å²) in [4.78, 5) is 22.2. The van der Waals surface area contributed by atoms with Crippen molar-refractivity contribution in [2.45, 2.75) is 0 Å². The van der Waals surface area contributed by atoms with E-state index in [-0.39, 0.29) is 8.94 Å². The van der Waals surface area contributed by atoms with Crippen LogP contribution in [0.3, 0.4) is 0 Å². The predicted molar refractivity (Wildman–Crippen MR) is 57.7 cm³/mol. The maximum absolute atomic E-state index is 11.1. The molecular weight excluding hydrogens is 310 g/mol. The maximum atomic E-state index is 11.1. The number of halogens is 2. The molecule has 0 atom stereocenters. The van der Waals surface area contributed by atoms with Gasteiger partial charge in [0.25, 0.3) is 0 Å². The van der Waals surface area contributed by atoms with Crippen LogP contribution in [0.5, 0.6) is 0 Å². The van der Waals surface area contributed by atoms with Crippen molar-refractivity contribution in [1.29, 1.82) is 0 Å². The van der Waals surface area contributed by atoms with E-state index in [1.54, 1.807) is 0 Å². The molecule has 84 valence electrons. The Labute approximate surface area is 103 Å². The van der Waals surface area contributed by atoms with Crippen LogP contribution in [0.2, 0.25) is 0 Å². The van der Waals surface area contributed by atoms with Gasteiger partial charge in [-0.05, 0) is 0 Å². The van der Waals surface area contributed by atoms with Crippen LogP contribution in [-0.4, -0.2) is 41.1 Å². The van der Waals surface area contributed by atoms with E-state index < -0.39 is 26.9 Å². The zero-order valence-electron chi connectivity index (χ0n) is 7.95. The molecule has 0 aliphatic rings. The van der Waals surface area contributed by atoms with E-state index in [0.717, 1.165) is 11.1 Å². The number of carbonyl (C=O) groups is 2. The average Bonchev–Trinajstić information content (AvgIpc) is 2.28. The minimum absolute atomic E-state index is 0.184. The number of ether oxygens (including phenoxy) is 2. The topological polar surface area (TPSA) is 52.6 Å². The van der Waals surface area contributed by atoms with E-state index >= 15 is 0 Å². The molecule has 0 aromatic heterocycles. The van der Waals surface area contributed by atoms with Crippen LogP contribution in [0, 0.1) is 0 Å². The van der Waals surface area contributed by atoms with E-state index in [2.05, 4.69) is 9.47 Å². The molecule has 0 aliphatic heterocycles. The fourth-order valence-electron chi connectivity index (χ4n) is 0.537. The molecule has 0 unspecified atom stereocenters. The molecule has 0 amide bonds. The van der Waals surface area contributed by atoms with Gasteiger partial charge in [0.15, 0.2) is 0 Å². The van der Waals surface area contributed by atoms with Crippen LogP contribution in [-0.2, 0) is 19.1 Å². The summed E-state index contributed by atoms with van der Waals surface area (Å²) in [6, 6.07) is 0. The van der Waals surface area contributed by atoms with Gasteiger partial charge in [0.1, 0.15) is 0 Å². The summed E-state index contributed by atoms with van der Waals surface area (Å²) in [7, 11) is 2.45. The fourth-order valence-corrected chi connectivity index (χ4v) is 2.56. The molecule has 0 fully saturated rings. The van der Waals surface area contributed by atoms with Gasteiger partial charge in [-0.2, -0.15) is 0 Å². The molecule has 0 N–H and O–H groups in total. The molecule has 0 spiro atoms. The van der Waals surface area contributed by atoms with Gasteiger partial charge in [0, 0.05) is 0 Å². The van der Waals surface area contributed by atoms with Crippen LogP contribution in [0.1, 0.15) is 0 Å². The molecule has 0 rings (SSSR count). The molecule has 0 radical (unpaired) electrons. The number of esters is 2. The van der Waals surface area contributed by atoms with Crippen molar-refractivity contribution < 1.29 is 19.1 Å². The fraction of sp³-hybridized carbons (Fsp3) is 0.250. The Hall–Kier alpha value is -0.481. The van der Waals surface area contributed by atoms with E-state index in [9.17, 15) is 9.59 Å². The summed E-state index contributed by atoms with van der Waals surface area (Å²) in [6.45, 7) is 0. The molecule has 4 nitrogen and oxygen atoms in total. The van der Waals surface area contributed by atoms with Crippen LogP contribution < -0.4 is 0 Å². The third-order valence-electron chi connectivity index (χ3n) is 1.19. The standard InChI is InChI=1S/C8H8Cl2O4Se/c1-13-7(11)5(3-9)15-6(4-10)8(12)14-2/h3-4H,1-2H3/b5-3+,6-4+.